The molecule has 3 rings (SSSR count). The molecule has 0 saturated carbocycles. The van der Waals surface area contributed by atoms with Crippen molar-refractivity contribution in [3.8, 4) is 0 Å². The summed E-state index contributed by atoms with van der Waals surface area (Å²) in [5, 5.41) is 2.10. The van der Waals surface area contributed by atoms with E-state index in [1.807, 2.05) is 6.92 Å². The number of ether oxygens (including phenoxy) is 4. The molecule has 2 fully saturated rings. The summed E-state index contributed by atoms with van der Waals surface area (Å²) in [7, 11) is 0. The molecule has 2 saturated heterocycles. The molecule has 0 bridgehead atoms. The largest absolute Gasteiger partial charge is 0.509 e. The summed E-state index contributed by atoms with van der Waals surface area (Å²) in [6.45, 7) is 3.82. The predicted octanol–water partition coefficient (Wildman–Crippen LogP) is 1.94. The second-order valence-corrected chi connectivity index (χ2v) is 6.24. The molecule has 148 valence electrons. The minimum Gasteiger partial charge on any atom is -0.449 e. The topological polar surface area (TPSA) is 118 Å². The van der Waals surface area contributed by atoms with Crippen molar-refractivity contribution in [2.24, 2.45) is 0 Å². The van der Waals surface area contributed by atoms with Crippen LogP contribution in [0.3, 0.4) is 0 Å². The number of fused-ring (bicyclic) bond motifs is 1. The molecule has 1 amide bonds. The van der Waals surface area contributed by atoms with Gasteiger partial charge in [0.25, 0.3) is 0 Å². The fourth-order valence-electron chi connectivity index (χ4n) is 2.93. The maximum Gasteiger partial charge on any atom is 0.509 e. The summed E-state index contributed by atoms with van der Waals surface area (Å²) in [4.78, 5) is 38.7. The first-order valence-electron chi connectivity index (χ1n) is 8.66. The van der Waals surface area contributed by atoms with Crippen LogP contribution in [0.5, 0.6) is 0 Å². The van der Waals surface area contributed by atoms with Crippen molar-refractivity contribution in [1.82, 2.24) is 9.55 Å². The van der Waals surface area contributed by atoms with Crippen LogP contribution in [0.2, 0.25) is 0 Å². The van der Waals surface area contributed by atoms with Gasteiger partial charge in [-0.05, 0) is 13.3 Å². The van der Waals surface area contributed by atoms with E-state index in [1.165, 1.54) is 0 Å². The second-order valence-electron chi connectivity index (χ2n) is 6.24. The highest BCUT2D eigenvalue weighted by molar-refractivity contribution is 5.83. The number of carbonyl (C=O) groups is 2. The summed E-state index contributed by atoms with van der Waals surface area (Å²) in [5.74, 6) is -1.52. The van der Waals surface area contributed by atoms with Crippen molar-refractivity contribution in [3.63, 3.8) is 0 Å². The number of amides is 1. The smallest absolute Gasteiger partial charge is 0.449 e. The van der Waals surface area contributed by atoms with Gasteiger partial charge in [0.2, 0.25) is 0 Å². The van der Waals surface area contributed by atoms with Gasteiger partial charge in [-0.1, -0.05) is 19.8 Å². The Labute approximate surface area is 153 Å². The zero-order valence-electron chi connectivity index (χ0n) is 14.8. The lowest BCUT2D eigenvalue weighted by atomic mass is 10.1. The maximum absolute atomic E-state index is 14.3. The number of hydrogen-bond acceptors (Lipinski definition) is 8. The van der Waals surface area contributed by atoms with Crippen LogP contribution >= 0.6 is 0 Å². The summed E-state index contributed by atoms with van der Waals surface area (Å²) < 4.78 is 35.6. The highest BCUT2D eigenvalue weighted by atomic mass is 19.1. The van der Waals surface area contributed by atoms with Crippen LogP contribution in [-0.4, -0.2) is 46.7 Å². The van der Waals surface area contributed by atoms with E-state index in [4.69, 9.17) is 18.9 Å². The Kier molecular flexibility index (Phi) is 5.59. The highest BCUT2D eigenvalue weighted by Crippen LogP contribution is 2.37. The highest BCUT2D eigenvalue weighted by Gasteiger charge is 2.53. The third-order valence-electron chi connectivity index (χ3n) is 4.27. The van der Waals surface area contributed by atoms with Crippen molar-refractivity contribution in [1.29, 1.82) is 0 Å². The molecule has 1 aromatic rings. The number of carbonyl (C=O) groups excluding carboxylic acids is 2. The minimum absolute atomic E-state index is 0.181. The van der Waals surface area contributed by atoms with Gasteiger partial charge < -0.3 is 18.9 Å². The van der Waals surface area contributed by atoms with E-state index in [2.05, 4.69) is 10.3 Å². The van der Waals surface area contributed by atoms with E-state index in [0.29, 0.717) is 6.42 Å². The number of anilines is 1. The Morgan fingerprint density at radius 1 is 1.33 bits per heavy atom. The van der Waals surface area contributed by atoms with Crippen molar-refractivity contribution in [2.75, 3.05) is 11.9 Å². The van der Waals surface area contributed by atoms with Crippen LogP contribution in [0.15, 0.2) is 11.0 Å². The Hall–Kier alpha value is -2.69. The number of nitrogens with one attached hydrogen (secondary N) is 1. The molecule has 11 heteroatoms. The van der Waals surface area contributed by atoms with E-state index >= 15 is 0 Å². The first-order valence-corrected chi connectivity index (χ1v) is 8.66. The predicted molar refractivity (Wildman–Crippen MR) is 87.7 cm³/mol. The number of unbranched alkanes of at least 4 members (excludes halogenated alkanes) is 2. The Bertz CT molecular complexity index is 784. The molecule has 27 heavy (non-hydrogen) atoms. The average molecular weight is 385 g/mol. The zero-order chi connectivity index (χ0) is 19.6. The van der Waals surface area contributed by atoms with Crippen molar-refractivity contribution >= 4 is 18.1 Å². The maximum atomic E-state index is 14.3. The average Bonchev–Trinajstić information content (AvgIpc) is 3.13. The van der Waals surface area contributed by atoms with Crippen molar-refractivity contribution in [2.45, 2.75) is 57.6 Å². The minimum atomic E-state index is -1.08. The standard InChI is InChI=1S/C16H20FN3O7/c1-3-4-5-6-24-15(22)19-12-9(17)7-20(14(21)18-12)13-11-10(8(2)25-13)26-16(23)27-11/h7-8,10-11,13H,3-6H2,1-2H3,(H,18,19,21,22)/t8-,10?,11+,13-/m0/s1. The molecule has 0 radical (unpaired) electrons. The van der Waals surface area contributed by atoms with E-state index in [9.17, 15) is 18.8 Å². The molecule has 2 aliphatic heterocycles. The quantitative estimate of drug-likeness (QED) is 0.583. The molecule has 0 aliphatic carbocycles. The van der Waals surface area contributed by atoms with E-state index in [0.717, 1.165) is 23.6 Å². The molecule has 1 unspecified atom stereocenters. The van der Waals surface area contributed by atoms with Gasteiger partial charge in [-0.15, -0.1) is 0 Å². The number of hydrogen-bond donors (Lipinski definition) is 1. The molecule has 0 spiro atoms. The first kappa shape index (κ1) is 19.1. The molecule has 0 aromatic carbocycles. The summed E-state index contributed by atoms with van der Waals surface area (Å²) >= 11 is 0. The molecular weight excluding hydrogens is 365 g/mol. The van der Waals surface area contributed by atoms with Crippen molar-refractivity contribution in [3.05, 3.63) is 22.5 Å². The Morgan fingerprint density at radius 2 is 2.07 bits per heavy atom. The van der Waals surface area contributed by atoms with Gasteiger partial charge in [-0.3, -0.25) is 9.88 Å². The van der Waals surface area contributed by atoms with Crippen LogP contribution in [0.1, 0.15) is 39.3 Å². The van der Waals surface area contributed by atoms with E-state index in [-0.39, 0.29) is 6.61 Å². The third-order valence-corrected chi connectivity index (χ3v) is 4.27. The second kappa shape index (κ2) is 7.91. The molecule has 1 aromatic heterocycles. The van der Waals surface area contributed by atoms with Crippen molar-refractivity contribution < 1.29 is 32.9 Å². The Morgan fingerprint density at radius 3 is 2.81 bits per heavy atom. The third kappa shape index (κ3) is 4.02. The van der Waals surface area contributed by atoms with Crippen LogP contribution in [0, 0.1) is 5.82 Å². The molecule has 3 heterocycles. The zero-order valence-corrected chi connectivity index (χ0v) is 14.8. The fourth-order valence-corrected chi connectivity index (χ4v) is 2.93. The molecule has 1 N–H and O–H groups in total. The molecule has 4 atom stereocenters. The van der Waals surface area contributed by atoms with Gasteiger partial charge in [-0.2, -0.15) is 4.98 Å². The normalized spacial score (nSPS) is 26.3. The van der Waals surface area contributed by atoms with Crippen LogP contribution < -0.4 is 11.0 Å². The van der Waals surface area contributed by atoms with Gasteiger partial charge in [0.05, 0.1) is 18.9 Å². The molecule has 10 nitrogen and oxygen atoms in total. The number of rotatable bonds is 6. The van der Waals surface area contributed by atoms with E-state index in [1.54, 1.807) is 6.92 Å². The lowest BCUT2D eigenvalue weighted by molar-refractivity contribution is -0.0524. The number of nitrogens with zero attached hydrogens (tertiary/aromatic N) is 2. The van der Waals surface area contributed by atoms with Gasteiger partial charge in [-0.25, -0.2) is 18.8 Å². The van der Waals surface area contributed by atoms with Gasteiger partial charge in [0, 0.05) is 0 Å². The van der Waals surface area contributed by atoms with Crippen LogP contribution in [0.25, 0.3) is 0 Å². The fraction of sp³-hybridized carbons (Fsp3) is 0.625. The first-order chi connectivity index (χ1) is 12.9. The monoisotopic (exact) mass is 385 g/mol. The lowest BCUT2D eigenvalue weighted by Gasteiger charge is -2.18. The number of halogens is 1. The van der Waals surface area contributed by atoms with Gasteiger partial charge in [0.1, 0.15) is 0 Å². The lowest BCUT2D eigenvalue weighted by Crippen LogP contribution is -2.35. The van der Waals surface area contributed by atoms with E-state index < -0.39 is 54.1 Å². The summed E-state index contributed by atoms with van der Waals surface area (Å²) in [6.07, 6.45) is -1.64. The summed E-state index contributed by atoms with van der Waals surface area (Å²) in [6, 6.07) is 0. The van der Waals surface area contributed by atoms with Gasteiger partial charge >= 0.3 is 17.9 Å². The Balaban J connectivity index is 1.71. The number of aromatic nitrogens is 2. The SMILES string of the molecule is CCCCCOC(=O)Nc1nc(=O)n([C@H]2O[C@@H](C)C3OC(=O)O[C@H]32)cc1F. The van der Waals surface area contributed by atoms with Gasteiger partial charge in [0.15, 0.2) is 30.1 Å². The van der Waals surface area contributed by atoms with Crippen LogP contribution in [0.4, 0.5) is 19.8 Å². The van der Waals surface area contributed by atoms with Crippen LogP contribution in [-0.2, 0) is 18.9 Å². The molecular formula is C16H20FN3O7. The summed E-state index contributed by atoms with van der Waals surface area (Å²) in [5.41, 5.74) is -0.890. The molecule has 2 aliphatic rings.